The number of ether oxygens (including phenoxy) is 2. The Morgan fingerprint density at radius 1 is 1.04 bits per heavy atom. The molecule has 0 N–H and O–H groups in total. The van der Waals surface area contributed by atoms with E-state index >= 15 is 0 Å². The molecular formula is C20H23BrN2O3. The summed E-state index contributed by atoms with van der Waals surface area (Å²) in [7, 11) is 1.60. The number of nitrogens with zero attached hydrogens (tertiary/aromatic N) is 2. The Labute approximate surface area is 162 Å². The fraction of sp³-hybridized carbons (Fsp3) is 0.350. The van der Waals surface area contributed by atoms with Gasteiger partial charge in [0.15, 0.2) is 0 Å². The van der Waals surface area contributed by atoms with E-state index in [4.69, 9.17) is 9.47 Å². The van der Waals surface area contributed by atoms with Crippen molar-refractivity contribution in [1.29, 1.82) is 0 Å². The van der Waals surface area contributed by atoms with E-state index in [-0.39, 0.29) is 5.91 Å². The molecular weight excluding hydrogens is 396 g/mol. The van der Waals surface area contributed by atoms with Crippen LogP contribution in [0.15, 0.2) is 53.0 Å². The van der Waals surface area contributed by atoms with Crippen molar-refractivity contribution < 1.29 is 14.3 Å². The van der Waals surface area contributed by atoms with Crippen LogP contribution in [0.25, 0.3) is 0 Å². The number of benzene rings is 2. The normalized spacial score (nSPS) is 14.9. The molecule has 5 nitrogen and oxygen atoms in total. The van der Waals surface area contributed by atoms with Crippen LogP contribution in [-0.2, 0) is 0 Å². The summed E-state index contributed by atoms with van der Waals surface area (Å²) in [6.07, 6.45) is 0. The maximum atomic E-state index is 12.8. The number of hydrogen-bond donors (Lipinski definition) is 0. The number of para-hydroxylation sites is 1. The monoisotopic (exact) mass is 418 g/mol. The van der Waals surface area contributed by atoms with Crippen LogP contribution in [0, 0.1) is 0 Å². The van der Waals surface area contributed by atoms with Gasteiger partial charge in [-0.15, -0.1) is 0 Å². The Morgan fingerprint density at radius 2 is 1.77 bits per heavy atom. The molecule has 1 heterocycles. The molecule has 3 rings (SSSR count). The van der Waals surface area contributed by atoms with Gasteiger partial charge in [0, 0.05) is 37.2 Å². The minimum Gasteiger partial charge on any atom is -0.497 e. The Kier molecular flexibility index (Phi) is 6.52. The highest BCUT2D eigenvalue weighted by molar-refractivity contribution is 9.10. The van der Waals surface area contributed by atoms with Crippen molar-refractivity contribution in [3.8, 4) is 11.5 Å². The average Bonchev–Trinajstić information content (AvgIpc) is 2.69. The number of halogens is 1. The van der Waals surface area contributed by atoms with E-state index in [2.05, 4.69) is 20.8 Å². The molecule has 6 heteroatoms. The van der Waals surface area contributed by atoms with Crippen molar-refractivity contribution in [3.63, 3.8) is 0 Å². The fourth-order valence-corrected chi connectivity index (χ4v) is 3.37. The minimum absolute atomic E-state index is 0.0379. The van der Waals surface area contributed by atoms with Gasteiger partial charge in [0.25, 0.3) is 5.91 Å². The summed E-state index contributed by atoms with van der Waals surface area (Å²) >= 11 is 3.47. The summed E-state index contributed by atoms with van der Waals surface area (Å²) in [5.41, 5.74) is 0.644. The third-order valence-electron chi connectivity index (χ3n) is 4.48. The Morgan fingerprint density at radius 3 is 2.46 bits per heavy atom. The molecule has 0 saturated carbocycles. The predicted molar refractivity (Wildman–Crippen MR) is 105 cm³/mol. The molecule has 0 spiro atoms. The number of hydrogen-bond acceptors (Lipinski definition) is 4. The van der Waals surface area contributed by atoms with Crippen molar-refractivity contribution in [3.05, 3.63) is 58.6 Å². The lowest BCUT2D eigenvalue weighted by atomic mass is 10.1. The van der Waals surface area contributed by atoms with E-state index in [9.17, 15) is 4.79 Å². The summed E-state index contributed by atoms with van der Waals surface area (Å²) in [6.45, 7) is 4.65. The maximum Gasteiger partial charge on any atom is 0.255 e. The van der Waals surface area contributed by atoms with Gasteiger partial charge in [-0.2, -0.15) is 0 Å². The quantitative estimate of drug-likeness (QED) is 0.721. The maximum absolute atomic E-state index is 12.8. The SMILES string of the molecule is COc1ccc(Br)c(C(=O)N2CCN(CCOc3ccccc3)CC2)c1. The van der Waals surface area contributed by atoms with Crippen molar-refractivity contribution in [2.75, 3.05) is 46.4 Å². The van der Waals surface area contributed by atoms with E-state index in [1.165, 1.54) is 0 Å². The van der Waals surface area contributed by atoms with Crippen LogP contribution in [0.3, 0.4) is 0 Å². The number of rotatable bonds is 6. The van der Waals surface area contributed by atoms with E-state index in [0.717, 1.165) is 29.9 Å². The van der Waals surface area contributed by atoms with Gasteiger partial charge < -0.3 is 14.4 Å². The second-order valence-corrected chi connectivity index (χ2v) is 7.00. The predicted octanol–water partition coefficient (Wildman–Crippen LogP) is 3.29. The first kappa shape index (κ1) is 18.7. The molecule has 0 aromatic heterocycles. The largest absolute Gasteiger partial charge is 0.497 e. The number of amides is 1. The second-order valence-electron chi connectivity index (χ2n) is 6.14. The van der Waals surface area contributed by atoms with E-state index in [1.807, 2.05) is 47.4 Å². The molecule has 0 bridgehead atoms. The molecule has 26 heavy (non-hydrogen) atoms. The Bertz CT molecular complexity index is 731. The average molecular weight is 419 g/mol. The third-order valence-corrected chi connectivity index (χ3v) is 5.17. The van der Waals surface area contributed by atoms with E-state index in [0.29, 0.717) is 31.0 Å². The molecule has 1 aliphatic heterocycles. The van der Waals surface area contributed by atoms with Crippen LogP contribution in [0.4, 0.5) is 0 Å². The molecule has 0 aliphatic carbocycles. The topological polar surface area (TPSA) is 42.0 Å². The summed E-state index contributed by atoms with van der Waals surface area (Å²) < 4.78 is 11.8. The lowest BCUT2D eigenvalue weighted by molar-refractivity contribution is 0.0619. The summed E-state index contributed by atoms with van der Waals surface area (Å²) in [4.78, 5) is 17.0. The molecule has 0 radical (unpaired) electrons. The van der Waals surface area contributed by atoms with Gasteiger partial charge >= 0.3 is 0 Å². The van der Waals surface area contributed by atoms with E-state index in [1.54, 1.807) is 13.2 Å². The van der Waals surface area contributed by atoms with Gasteiger partial charge in [0.05, 0.1) is 12.7 Å². The molecule has 1 saturated heterocycles. The molecule has 2 aromatic rings. The number of methoxy groups -OCH3 is 1. The zero-order valence-electron chi connectivity index (χ0n) is 14.9. The van der Waals surface area contributed by atoms with Crippen LogP contribution >= 0.6 is 15.9 Å². The van der Waals surface area contributed by atoms with Gasteiger partial charge in [0.1, 0.15) is 18.1 Å². The van der Waals surface area contributed by atoms with Crippen LogP contribution < -0.4 is 9.47 Å². The van der Waals surface area contributed by atoms with E-state index < -0.39 is 0 Å². The minimum atomic E-state index is 0.0379. The molecule has 138 valence electrons. The first-order chi connectivity index (χ1) is 12.7. The highest BCUT2D eigenvalue weighted by atomic mass is 79.9. The van der Waals surface area contributed by atoms with Gasteiger partial charge in [0.2, 0.25) is 0 Å². The van der Waals surface area contributed by atoms with Gasteiger partial charge in [-0.3, -0.25) is 9.69 Å². The Balaban J connectivity index is 1.48. The fourth-order valence-electron chi connectivity index (χ4n) is 2.95. The highest BCUT2D eigenvalue weighted by Gasteiger charge is 2.23. The zero-order chi connectivity index (χ0) is 18.4. The summed E-state index contributed by atoms with van der Waals surface area (Å²) in [5.74, 6) is 1.62. The van der Waals surface area contributed by atoms with Crippen LogP contribution in [0.5, 0.6) is 11.5 Å². The number of carbonyl (C=O) groups excluding carboxylic acids is 1. The second kappa shape index (κ2) is 9.05. The van der Waals surface area contributed by atoms with Gasteiger partial charge in [-0.1, -0.05) is 18.2 Å². The molecule has 2 aromatic carbocycles. The molecule has 1 amide bonds. The first-order valence-electron chi connectivity index (χ1n) is 8.70. The van der Waals surface area contributed by atoms with Crippen molar-refractivity contribution in [2.24, 2.45) is 0 Å². The molecule has 0 atom stereocenters. The van der Waals surface area contributed by atoms with Crippen molar-refractivity contribution >= 4 is 21.8 Å². The zero-order valence-corrected chi connectivity index (χ0v) is 16.4. The molecule has 1 fully saturated rings. The highest BCUT2D eigenvalue weighted by Crippen LogP contribution is 2.24. The smallest absolute Gasteiger partial charge is 0.255 e. The molecule has 0 unspecified atom stereocenters. The standard InChI is InChI=1S/C20H23BrN2O3/c1-25-17-7-8-19(21)18(15-17)20(24)23-11-9-22(10-12-23)13-14-26-16-5-3-2-4-6-16/h2-8,15H,9-14H2,1H3. The van der Waals surface area contributed by atoms with Gasteiger partial charge in [-0.25, -0.2) is 0 Å². The van der Waals surface area contributed by atoms with Crippen molar-refractivity contribution in [1.82, 2.24) is 9.80 Å². The number of carbonyl (C=O) groups is 1. The lowest BCUT2D eigenvalue weighted by Gasteiger charge is -2.34. The summed E-state index contributed by atoms with van der Waals surface area (Å²) in [5, 5.41) is 0. The number of piperazine rings is 1. The summed E-state index contributed by atoms with van der Waals surface area (Å²) in [6, 6.07) is 15.3. The lowest BCUT2D eigenvalue weighted by Crippen LogP contribution is -2.49. The van der Waals surface area contributed by atoms with Crippen LogP contribution in [0.1, 0.15) is 10.4 Å². The van der Waals surface area contributed by atoms with Gasteiger partial charge in [-0.05, 0) is 46.3 Å². The first-order valence-corrected chi connectivity index (χ1v) is 9.49. The van der Waals surface area contributed by atoms with Crippen LogP contribution in [0.2, 0.25) is 0 Å². The molecule has 1 aliphatic rings. The van der Waals surface area contributed by atoms with Crippen molar-refractivity contribution in [2.45, 2.75) is 0 Å². The van der Waals surface area contributed by atoms with Crippen LogP contribution in [-0.4, -0.2) is 62.1 Å². The Hall–Kier alpha value is -2.05. The third kappa shape index (κ3) is 4.77.